The number of unbranched alkanes of at least 4 members (excludes halogenated alkanes) is 45. The Bertz CT molecular complexity index is 1350. The average Bonchev–Trinajstić information content (AvgIpc) is 3.44. The van der Waals surface area contributed by atoms with E-state index >= 15 is 0 Å². The maximum Gasteiger partial charge on any atom is 0.306 e. The Morgan fingerprint density at radius 2 is 0.462 bits per heavy atom. The number of ether oxygens (including phenoxy) is 3. The number of carbonyl (C=O) groups is 3. The molecule has 1 unspecified atom stereocenters. The van der Waals surface area contributed by atoms with Crippen LogP contribution in [0.1, 0.15) is 374 Å². The van der Waals surface area contributed by atoms with E-state index in [1.807, 2.05) is 0 Å². The second kappa shape index (κ2) is 66.9. The van der Waals surface area contributed by atoms with Gasteiger partial charge in [0.05, 0.1) is 0 Å². The van der Waals surface area contributed by atoms with Crippen LogP contribution in [0.2, 0.25) is 0 Å². The number of allylic oxidation sites excluding steroid dienone is 8. The molecule has 0 N–H and O–H groups in total. The molecular formula is C72H132O6. The van der Waals surface area contributed by atoms with E-state index in [0.717, 1.165) is 70.6 Å². The predicted molar refractivity (Wildman–Crippen MR) is 339 cm³/mol. The third-order valence-corrected chi connectivity index (χ3v) is 15.6. The van der Waals surface area contributed by atoms with Crippen molar-refractivity contribution in [2.24, 2.45) is 0 Å². The number of carbonyl (C=O) groups excluding carboxylic acids is 3. The molecule has 0 aromatic carbocycles. The van der Waals surface area contributed by atoms with Crippen LogP contribution in [0.5, 0.6) is 0 Å². The van der Waals surface area contributed by atoms with Crippen LogP contribution in [0.3, 0.4) is 0 Å². The molecule has 456 valence electrons. The molecule has 0 aromatic heterocycles. The Labute approximate surface area is 486 Å². The van der Waals surface area contributed by atoms with E-state index in [2.05, 4.69) is 69.4 Å². The van der Waals surface area contributed by atoms with Gasteiger partial charge in [-0.3, -0.25) is 14.4 Å². The highest BCUT2D eigenvalue weighted by molar-refractivity contribution is 5.71. The summed E-state index contributed by atoms with van der Waals surface area (Å²) in [7, 11) is 0. The highest BCUT2D eigenvalue weighted by Crippen LogP contribution is 2.18. The summed E-state index contributed by atoms with van der Waals surface area (Å²) in [5.41, 5.74) is 0. The monoisotopic (exact) mass is 1090 g/mol. The Balaban J connectivity index is 4.09. The molecule has 0 saturated heterocycles. The van der Waals surface area contributed by atoms with Crippen LogP contribution >= 0.6 is 0 Å². The summed E-state index contributed by atoms with van der Waals surface area (Å²) in [6, 6.07) is 0. The van der Waals surface area contributed by atoms with Crippen molar-refractivity contribution < 1.29 is 28.6 Å². The summed E-state index contributed by atoms with van der Waals surface area (Å²) in [5, 5.41) is 0. The minimum absolute atomic E-state index is 0.0689. The van der Waals surface area contributed by atoms with Crippen LogP contribution in [0.25, 0.3) is 0 Å². The fourth-order valence-electron chi connectivity index (χ4n) is 10.3. The summed E-state index contributed by atoms with van der Waals surface area (Å²) >= 11 is 0. The van der Waals surface area contributed by atoms with Gasteiger partial charge in [-0.1, -0.05) is 320 Å². The first-order valence-corrected chi connectivity index (χ1v) is 34.6. The lowest BCUT2D eigenvalue weighted by Crippen LogP contribution is -2.30. The van der Waals surface area contributed by atoms with Crippen molar-refractivity contribution in [1.82, 2.24) is 0 Å². The first-order chi connectivity index (χ1) is 38.5. The van der Waals surface area contributed by atoms with E-state index in [0.29, 0.717) is 19.3 Å². The number of rotatable bonds is 64. The van der Waals surface area contributed by atoms with E-state index in [1.54, 1.807) is 0 Å². The van der Waals surface area contributed by atoms with Crippen LogP contribution < -0.4 is 0 Å². The van der Waals surface area contributed by atoms with Crippen molar-refractivity contribution in [1.29, 1.82) is 0 Å². The largest absolute Gasteiger partial charge is 0.462 e. The number of esters is 3. The van der Waals surface area contributed by atoms with Gasteiger partial charge >= 0.3 is 17.9 Å². The number of hydrogen-bond acceptors (Lipinski definition) is 6. The van der Waals surface area contributed by atoms with Gasteiger partial charge in [0.25, 0.3) is 0 Å². The third-order valence-electron chi connectivity index (χ3n) is 15.6. The molecule has 0 spiro atoms. The van der Waals surface area contributed by atoms with Gasteiger partial charge in [-0.05, 0) is 83.5 Å². The van der Waals surface area contributed by atoms with Gasteiger partial charge in [0, 0.05) is 19.3 Å². The summed E-state index contributed by atoms with van der Waals surface area (Å²) in [4.78, 5) is 38.2. The van der Waals surface area contributed by atoms with Crippen molar-refractivity contribution in [3.05, 3.63) is 48.6 Å². The minimum atomic E-state index is -0.770. The molecule has 0 heterocycles. The molecule has 0 aromatic rings. The van der Waals surface area contributed by atoms with Gasteiger partial charge in [0.2, 0.25) is 0 Å². The molecule has 0 bridgehead atoms. The molecular weight excluding hydrogens is 961 g/mol. The maximum atomic E-state index is 12.9. The molecule has 0 amide bonds. The standard InChI is InChI=1S/C72H132O6/c1-4-7-10-13-16-19-21-23-25-27-29-31-33-35-36-38-39-41-43-45-47-49-51-53-56-59-62-65-71(74)77-68-69(67-76-70(73)64-61-58-55-18-15-12-9-6-3)78-72(75)66-63-60-57-54-52-50-48-46-44-42-40-37-34-32-30-28-26-24-22-20-17-14-11-8-5-2/h21-24,27-30,69H,4-20,25-26,31-68H2,1-3H3/b23-21-,24-22-,29-27-,30-28-. The fraction of sp³-hybridized carbons (Fsp3) is 0.847. The van der Waals surface area contributed by atoms with E-state index in [1.165, 1.54) is 263 Å². The minimum Gasteiger partial charge on any atom is -0.462 e. The van der Waals surface area contributed by atoms with Crippen LogP contribution in [-0.2, 0) is 28.6 Å². The van der Waals surface area contributed by atoms with E-state index in [-0.39, 0.29) is 31.1 Å². The first kappa shape index (κ1) is 75.4. The summed E-state index contributed by atoms with van der Waals surface area (Å²) in [6.45, 7) is 6.65. The maximum absolute atomic E-state index is 12.9. The van der Waals surface area contributed by atoms with Crippen molar-refractivity contribution in [2.75, 3.05) is 13.2 Å². The highest BCUT2D eigenvalue weighted by Gasteiger charge is 2.19. The van der Waals surface area contributed by atoms with E-state index in [9.17, 15) is 14.4 Å². The predicted octanol–water partition coefficient (Wildman–Crippen LogP) is 23.7. The Kier molecular flexibility index (Phi) is 64.6. The smallest absolute Gasteiger partial charge is 0.306 e. The molecule has 0 aliphatic carbocycles. The summed E-state index contributed by atoms with van der Waals surface area (Å²) < 4.78 is 16.9. The molecule has 6 heteroatoms. The molecule has 1 atom stereocenters. The Hall–Kier alpha value is -2.63. The number of hydrogen-bond donors (Lipinski definition) is 0. The van der Waals surface area contributed by atoms with Crippen molar-refractivity contribution in [2.45, 2.75) is 380 Å². The summed E-state index contributed by atoms with van der Waals surface area (Å²) in [5.74, 6) is -0.852. The van der Waals surface area contributed by atoms with Crippen molar-refractivity contribution >= 4 is 17.9 Å². The SMILES string of the molecule is CCCCCCC/C=C\C/C=C\CCCCCCCCCCCCCCCCCC(=O)OCC(COC(=O)CCCCCCCCCC)OC(=O)CCCCCCCCCCCCCCC/C=C\C/C=C\CCCCCCC. The molecule has 6 nitrogen and oxygen atoms in total. The van der Waals surface area contributed by atoms with Crippen LogP contribution in [-0.4, -0.2) is 37.2 Å². The molecule has 78 heavy (non-hydrogen) atoms. The molecule has 0 aliphatic rings. The van der Waals surface area contributed by atoms with Gasteiger partial charge < -0.3 is 14.2 Å². The van der Waals surface area contributed by atoms with Gasteiger partial charge in [-0.25, -0.2) is 0 Å². The van der Waals surface area contributed by atoms with E-state index in [4.69, 9.17) is 14.2 Å². The molecule has 0 rings (SSSR count). The van der Waals surface area contributed by atoms with Gasteiger partial charge in [0.15, 0.2) is 6.10 Å². The van der Waals surface area contributed by atoms with Crippen LogP contribution in [0.4, 0.5) is 0 Å². The van der Waals surface area contributed by atoms with Crippen molar-refractivity contribution in [3.63, 3.8) is 0 Å². The first-order valence-electron chi connectivity index (χ1n) is 34.6. The second-order valence-electron chi connectivity index (χ2n) is 23.4. The van der Waals surface area contributed by atoms with Gasteiger partial charge in [0.1, 0.15) is 13.2 Å². The molecule has 0 radical (unpaired) electrons. The normalized spacial score (nSPS) is 12.3. The molecule has 0 saturated carbocycles. The second-order valence-corrected chi connectivity index (χ2v) is 23.4. The Morgan fingerprint density at radius 1 is 0.256 bits per heavy atom. The third kappa shape index (κ3) is 64.2. The van der Waals surface area contributed by atoms with E-state index < -0.39 is 6.10 Å². The Morgan fingerprint density at radius 3 is 0.705 bits per heavy atom. The lowest BCUT2D eigenvalue weighted by molar-refractivity contribution is -0.167. The zero-order valence-corrected chi connectivity index (χ0v) is 52.5. The fourth-order valence-corrected chi connectivity index (χ4v) is 10.3. The molecule has 0 fully saturated rings. The molecule has 0 aliphatic heterocycles. The lowest BCUT2D eigenvalue weighted by Gasteiger charge is -2.18. The average molecular weight is 1090 g/mol. The van der Waals surface area contributed by atoms with Crippen LogP contribution in [0.15, 0.2) is 48.6 Å². The quantitative estimate of drug-likeness (QED) is 0.0261. The zero-order valence-electron chi connectivity index (χ0n) is 52.5. The topological polar surface area (TPSA) is 78.9 Å². The summed E-state index contributed by atoms with van der Waals surface area (Å²) in [6.07, 6.45) is 84.4. The highest BCUT2D eigenvalue weighted by atomic mass is 16.6. The lowest BCUT2D eigenvalue weighted by atomic mass is 10.0. The van der Waals surface area contributed by atoms with Gasteiger partial charge in [-0.15, -0.1) is 0 Å². The van der Waals surface area contributed by atoms with Crippen molar-refractivity contribution in [3.8, 4) is 0 Å². The van der Waals surface area contributed by atoms with Crippen LogP contribution in [0, 0.1) is 0 Å². The zero-order chi connectivity index (χ0) is 56.4. The van der Waals surface area contributed by atoms with Gasteiger partial charge in [-0.2, -0.15) is 0 Å².